The molecule has 0 bridgehead atoms. The van der Waals surface area contributed by atoms with Crippen molar-refractivity contribution >= 4 is 29.3 Å². The van der Waals surface area contributed by atoms with Crippen molar-refractivity contribution in [3.05, 3.63) is 36.1 Å². The van der Waals surface area contributed by atoms with Crippen LogP contribution in [0.5, 0.6) is 0 Å². The summed E-state index contributed by atoms with van der Waals surface area (Å²) in [5.41, 5.74) is 6.61. The lowest BCUT2D eigenvalue weighted by atomic mass is 10.1. The zero-order chi connectivity index (χ0) is 15.4. The van der Waals surface area contributed by atoms with Crippen LogP contribution in [-0.4, -0.2) is 23.4 Å². The van der Waals surface area contributed by atoms with Crippen LogP contribution in [0.1, 0.15) is 45.4 Å². The van der Waals surface area contributed by atoms with Gasteiger partial charge in [0.25, 0.3) is 0 Å². The second-order valence-electron chi connectivity index (χ2n) is 5.63. The fourth-order valence-corrected chi connectivity index (χ4v) is 2.53. The number of rotatable bonds is 6. The largest absolute Gasteiger partial charge is 0.459 e. The molecule has 0 radical (unpaired) electrons. The summed E-state index contributed by atoms with van der Waals surface area (Å²) in [6.07, 6.45) is 1.28. The molecule has 0 saturated carbocycles. The van der Waals surface area contributed by atoms with Gasteiger partial charge in [-0.05, 0) is 32.4 Å². The highest BCUT2D eigenvalue weighted by molar-refractivity contribution is 5.85. The fourth-order valence-electron chi connectivity index (χ4n) is 2.53. The first kappa shape index (κ1) is 18.5. The van der Waals surface area contributed by atoms with Gasteiger partial charge in [0.1, 0.15) is 11.3 Å². The summed E-state index contributed by atoms with van der Waals surface area (Å²) in [6.45, 7) is 6.64. The van der Waals surface area contributed by atoms with E-state index in [1.54, 1.807) is 0 Å². The quantitative estimate of drug-likeness (QED) is 0.876. The third-order valence-corrected chi connectivity index (χ3v) is 3.61. The molecule has 0 aliphatic heterocycles. The highest BCUT2D eigenvalue weighted by atomic mass is 35.5. The Morgan fingerprint density at radius 2 is 2.00 bits per heavy atom. The summed E-state index contributed by atoms with van der Waals surface area (Å²) in [5, 5.41) is 1.07. The van der Waals surface area contributed by atoms with Crippen molar-refractivity contribution in [2.24, 2.45) is 5.73 Å². The predicted molar refractivity (Wildman–Crippen MR) is 92.1 cm³/mol. The molecule has 2 unspecified atom stereocenters. The van der Waals surface area contributed by atoms with E-state index in [0.717, 1.165) is 23.2 Å². The molecule has 1 aromatic heterocycles. The van der Waals surface area contributed by atoms with Crippen molar-refractivity contribution in [1.82, 2.24) is 4.90 Å². The minimum absolute atomic E-state index is 0. The number of benzene rings is 1. The molecular formula is C17H25ClN2O2. The Balaban J connectivity index is 0.00000242. The number of hydrogen-bond acceptors (Lipinski definition) is 3. The average molecular weight is 325 g/mol. The van der Waals surface area contributed by atoms with E-state index in [9.17, 15) is 4.79 Å². The summed E-state index contributed by atoms with van der Waals surface area (Å²) in [7, 11) is 0. The van der Waals surface area contributed by atoms with Gasteiger partial charge in [-0.15, -0.1) is 12.4 Å². The summed E-state index contributed by atoms with van der Waals surface area (Å²) >= 11 is 0. The van der Waals surface area contributed by atoms with E-state index in [1.165, 1.54) is 0 Å². The first-order valence-corrected chi connectivity index (χ1v) is 7.56. The molecule has 0 aliphatic rings. The summed E-state index contributed by atoms with van der Waals surface area (Å²) in [5.74, 6) is 0.905. The van der Waals surface area contributed by atoms with Crippen LogP contribution in [-0.2, 0) is 4.79 Å². The van der Waals surface area contributed by atoms with Gasteiger partial charge in [0.15, 0.2) is 0 Å². The maximum absolute atomic E-state index is 12.4. The number of nitrogens with zero attached hydrogens (tertiary/aromatic N) is 1. The second kappa shape index (κ2) is 8.20. The Hall–Kier alpha value is -1.52. The smallest absolute Gasteiger partial charge is 0.224 e. The molecule has 5 heteroatoms. The Bertz CT molecular complexity index is 576. The van der Waals surface area contributed by atoms with Crippen LogP contribution in [0, 0.1) is 0 Å². The maximum Gasteiger partial charge on any atom is 0.224 e. The van der Waals surface area contributed by atoms with Gasteiger partial charge < -0.3 is 15.1 Å². The van der Waals surface area contributed by atoms with Crippen molar-refractivity contribution in [3.8, 4) is 0 Å². The van der Waals surface area contributed by atoms with Crippen LogP contribution in [0.3, 0.4) is 0 Å². The first-order chi connectivity index (χ1) is 10.0. The molecule has 0 aliphatic carbocycles. The van der Waals surface area contributed by atoms with Gasteiger partial charge in [0.05, 0.1) is 6.04 Å². The molecule has 2 aromatic rings. The van der Waals surface area contributed by atoms with Crippen LogP contribution >= 0.6 is 12.4 Å². The molecular weight excluding hydrogens is 300 g/mol. The Labute approximate surface area is 138 Å². The lowest BCUT2D eigenvalue weighted by molar-refractivity contribution is -0.134. The van der Waals surface area contributed by atoms with Crippen LogP contribution in [0.2, 0.25) is 0 Å². The molecule has 0 saturated heterocycles. The predicted octanol–water partition coefficient (Wildman–Crippen LogP) is 3.89. The van der Waals surface area contributed by atoms with E-state index in [1.807, 2.05) is 49.1 Å². The van der Waals surface area contributed by atoms with Gasteiger partial charge in [-0.25, -0.2) is 0 Å². The molecule has 4 nitrogen and oxygen atoms in total. The third kappa shape index (κ3) is 4.24. The second-order valence-corrected chi connectivity index (χ2v) is 5.63. The third-order valence-electron chi connectivity index (χ3n) is 3.61. The highest BCUT2D eigenvalue weighted by Crippen LogP contribution is 2.28. The van der Waals surface area contributed by atoms with Crippen LogP contribution < -0.4 is 5.73 Å². The minimum Gasteiger partial charge on any atom is -0.459 e. The normalized spacial score (nSPS) is 13.5. The van der Waals surface area contributed by atoms with E-state index in [0.29, 0.717) is 13.0 Å². The van der Waals surface area contributed by atoms with E-state index in [2.05, 4.69) is 6.92 Å². The number of halogens is 1. The van der Waals surface area contributed by atoms with E-state index in [-0.39, 0.29) is 30.4 Å². The first-order valence-electron chi connectivity index (χ1n) is 7.56. The van der Waals surface area contributed by atoms with Crippen LogP contribution in [0.4, 0.5) is 0 Å². The molecule has 1 aromatic carbocycles. The maximum atomic E-state index is 12.4. The average Bonchev–Trinajstić information content (AvgIpc) is 2.87. The summed E-state index contributed by atoms with van der Waals surface area (Å²) in [6, 6.07) is 9.70. The zero-order valence-electron chi connectivity index (χ0n) is 13.4. The van der Waals surface area contributed by atoms with E-state index in [4.69, 9.17) is 10.2 Å². The molecule has 2 N–H and O–H groups in total. The number of amides is 1. The van der Waals surface area contributed by atoms with Crippen molar-refractivity contribution in [3.63, 3.8) is 0 Å². The molecule has 0 fully saturated rings. The van der Waals surface area contributed by atoms with Gasteiger partial charge >= 0.3 is 0 Å². The molecule has 122 valence electrons. The number of para-hydroxylation sites is 1. The minimum atomic E-state index is -0.125. The fraction of sp³-hybridized carbons (Fsp3) is 0.471. The number of fused-ring (bicyclic) bond motifs is 1. The highest BCUT2D eigenvalue weighted by Gasteiger charge is 2.24. The standard InChI is InChI=1S/C17H24N2O2.ClH/c1-4-9-19(17(20)10-12(2)18)13(3)16-11-14-7-5-6-8-15(14)21-16;/h5-8,11-13H,4,9-10,18H2,1-3H3;1H. The molecule has 22 heavy (non-hydrogen) atoms. The number of carbonyl (C=O) groups is 1. The van der Waals surface area contributed by atoms with Crippen molar-refractivity contribution in [2.45, 2.75) is 45.7 Å². The van der Waals surface area contributed by atoms with Gasteiger partial charge in [-0.2, -0.15) is 0 Å². The van der Waals surface area contributed by atoms with Crippen LogP contribution in [0.25, 0.3) is 11.0 Å². The zero-order valence-corrected chi connectivity index (χ0v) is 14.2. The Morgan fingerprint density at radius 1 is 1.32 bits per heavy atom. The Morgan fingerprint density at radius 3 is 2.59 bits per heavy atom. The van der Waals surface area contributed by atoms with Crippen molar-refractivity contribution in [2.75, 3.05) is 6.54 Å². The molecule has 1 heterocycles. The summed E-state index contributed by atoms with van der Waals surface area (Å²) < 4.78 is 5.89. The van der Waals surface area contributed by atoms with Crippen LogP contribution in [0.15, 0.2) is 34.7 Å². The lowest BCUT2D eigenvalue weighted by Crippen LogP contribution is -2.37. The SMILES string of the molecule is CCCN(C(=O)CC(C)N)C(C)c1cc2ccccc2o1.Cl. The van der Waals surface area contributed by atoms with Gasteiger partial charge in [0, 0.05) is 24.4 Å². The molecule has 0 spiro atoms. The van der Waals surface area contributed by atoms with Gasteiger partial charge in [-0.3, -0.25) is 4.79 Å². The summed E-state index contributed by atoms with van der Waals surface area (Å²) in [4.78, 5) is 14.2. The number of hydrogen-bond donors (Lipinski definition) is 1. The van der Waals surface area contributed by atoms with Crippen molar-refractivity contribution in [1.29, 1.82) is 0 Å². The van der Waals surface area contributed by atoms with E-state index < -0.39 is 0 Å². The topological polar surface area (TPSA) is 59.5 Å². The molecule has 2 rings (SSSR count). The van der Waals surface area contributed by atoms with Gasteiger partial charge in [0.2, 0.25) is 5.91 Å². The van der Waals surface area contributed by atoms with Gasteiger partial charge in [-0.1, -0.05) is 25.1 Å². The Kier molecular flexibility index (Phi) is 6.91. The lowest BCUT2D eigenvalue weighted by Gasteiger charge is -2.28. The monoisotopic (exact) mass is 324 g/mol. The number of nitrogens with two attached hydrogens (primary N) is 1. The number of furan rings is 1. The molecule has 1 amide bonds. The number of carbonyl (C=O) groups excluding carboxylic acids is 1. The van der Waals surface area contributed by atoms with E-state index >= 15 is 0 Å². The molecule has 2 atom stereocenters. The van der Waals surface area contributed by atoms with Crippen molar-refractivity contribution < 1.29 is 9.21 Å².